The Morgan fingerprint density at radius 3 is 2.56 bits per heavy atom. The number of hydrogen-bond acceptors (Lipinski definition) is 4. The Kier molecular flexibility index (Phi) is 6.84. The fourth-order valence-electron chi connectivity index (χ4n) is 3.11. The molecule has 140 valence electrons. The summed E-state index contributed by atoms with van der Waals surface area (Å²) in [6.45, 7) is 9.91. The Hall–Kier alpha value is -1.60. The third-order valence-electron chi connectivity index (χ3n) is 4.68. The van der Waals surface area contributed by atoms with Gasteiger partial charge in [0, 0.05) is 25.2 Å². The number of carbonyl (C=O) groups is 1. The van der Waals surface area contributed by atoms with Crippen LogP contribution in [0.1, 0.15) is 42.6 Å². The van der Waals surface area contributed by atoms with Gasteiger partial charge in [0.25, 0.3) is 5.91 Å². The summed E-state index contributed by atoms with van der Waals surface area (Å²) in [4.78, 5) is 14.6. The normalized spacial score (nSPS) is 16.9. The first-order valence-electron chi connectivity index (χ1n) is 9.00. The molecule has 1 aromatic rings. The molecule has 1 N–H and O–H groups in total. The van der Waals surface area contributed by atoms with Gasteiger partial charge in [-0.2, -0.15) is 0 Å². The number of rotatable bonds is 7. The molecule has 25 heavy (non-hydrogen) atoms. The maximum Gasteiger partial charge on any atom is 0.251 e. The molecule has 1 fully saturated rings. The quantitative estimate of drug-likeness (QED) is 0.800. The molecule has 6 nitrogen and oxygen atoms in total. The minimum atomic E-state index is -3.23. The first-order valence-corrected chi connectivity index (χ1v) is 10.6. The van der Waals surface area contributed by atoms with Gasteiger partial charge in [-0.25, -0.2) is 8.42 Å². The van der Waals surface area contributed by atoms with Crippen molar-refractivity contribution in [2.24, 2.45) is 0 Å². The Bertz CT molecular complexity index is 700. The molecule has 1 saturated heterocycles. The molecule has 7 heteroatoms. The smallest absolute Gasteiger partial charge is 0.251 e. The van der Waals surface area contributed by atoms with E-state index in [-0.39, 0.29) is 11.7 Å². The SMILES string of the molecule is CCN(CC)CCNC(=O)c1ccc(N2CCCCS2(=O)=O)c(C)c1. The number of hydrogen-bond donors (Lipinski definition) is 1. The number of amides is 1. The molecule has 0 bridgehead atoms. The second kappa shape index (κ2) is 8.67. The van der Waals surface area contributed by atoms with Gasteiger partial charge in [-0.3, -0.25) is 9.10 Å². The standard InChI is InChI=1S/C18H29N3O3S/c1-4-20(5-2)12-10-19-18(22)16-8-9-17(15(3)14-16)21-11-6-7-13-25(21,23)24/h8-9,14H,4-7,10-13H2,1-3H3,(H,19,22). The zero-order valence-corrected chi connectivity index (χ0v) is 16.2. The maximum atomic E-state index is 12.3. The lowest BCUT2D eigenvalue weighted by molar-refractivity contribution is 0.0949. The fourth-order valence-corrected chi connectivity index (χ4v) is 4.81. The number of anilines is 1. The molecule has 0 aliphatic carbocycles. The van der Waals surface area contributed by atoms with Gasteiger partial charge in [-0.1, -0.05) is 13.8 Å². The van der Waals surface area contributed by atoms with Gasteiger partial charge >= 0.3 is 0 Å². The van der Waals surface area contributed by atoms with Crippen molar-refractivity contribution in [3.05, 3.63) is 29.3 Å². The molecule has 2 rings (SSSR count). The highest BCUT2D eigenvalue weighted by molar-refractivity contribution is 7.92. The van der Waals surface area contributed by atoms with Gasteiger partial charge in [-0.05, 0) is 56.6 Å². The van der Waals surface area contributed by atoms with Crippen molar-refractivity contribution in [2.45, 2.75) is 33.6 Å². The van der Waals surface area contributed by atoms with Crippen LogP contribution >= 0.6 is 0 Å². The third kappa shape index (κ3) is 4.95. The molecule has 0 saturated carbocycles. The van der Waals surface area contributed by atoms with Crippen LogP contribution in [0.3, 0.4) is 0 Å². The average molecular weight is 368 g/mol. The molecule has 0 radical (unpaired) electrons. The first kappa shape index (κ1) is 19.7. The van der Waals surface area contributed by atoms with Crippen molar-refractivity contribution >= 4 is 21.6 Å². The summed E-state index contributed by atoms with van der Waals surface area (Å²) in [7, 11) is -3.23. The van der Waals surface area contributed by atoms with E-state index in [9.17, 15) is 13.2 Å². The molecule has 0 unspecified atom stereocenters. The van der Waals surface area contributed by atoms with Crippen molar-refractivity contribution in [1.29, 1.82) is 0 Å². The molecule has 0 atom stereocenters. The molecule has 1 aliphatic rings. The number of carbonyl (C=O) groups excluding carboxylic acids is 1. The fraction of sp³-hybridized carbons (Fsp3) is 0.611. The maximum absolute atomic E-state index is 12.3. The zero-order chi connectivity index (χ0) is 18.4. The average Bonchev–Trinajstić information content (AvgIpc) is 2.58. The van der Waals surface area contributed by atoms with E-state index in [1.165, 1.54) is 4.31 Å². The molecule has 0 spiro atoms. The van der Waals surface area contributed by atoms with Crippen LogP contribution in [0.5, 0.6) is 0 Å². The van der Waals surface area contributed by atoms with E-state index >= 15 is 0 Å². The largest absolute Gasteiger partial charge is 0.351 e. The van der Waals surface area contributed by atoms with E-state index in [1.807, 2.05) is 6.92 Å². The monoisotopic (exact) mass is 367 g/mol. The Morgan fingerprint density at radius 2 is 1.96 bits per heavy atom. The summed E-state index contributed by atoms with van der Waals surface area (Å²) in [5, 5.41) is 2.93. The van der Waals surface area contributed by atoms with Crippen LogP contribution < -0.4 is 9.62 Å². The van der Waals surface area contributed by atoms with Crippen molar-refractivity contribution in [2.75, 3.05) is 42.8 Å². The predicted octanol–water partition coefficient (Wildman–Crippen LogP) is 2.00. The lowest BCUT2D eigenvalue weighted by atomic mass is 10.1. The second-order valence-electron chi connectivity index (χ2n) is 6.38. The van der Waals surface area contributed by atoms with Crippen LogP contribution in [0.4, 0.5) is 5.69 Å². The molecular weight excluding hydrogens is 338 g/mol. The van der Waals surface area contributed by atoms with Crippen molar-refractivity contribution in [3.8, 4) is 0 Å². The minimum absolute atomic E-state index is 0.122. The van der Waals surface area contributed by atoms with E-state index < -0.39 is 10.0 Å². The van der Waals surface area contributed by atoms with Crippen LogP contribution in [0.25, 0.3) is 0 Å². The number of likely N-dealkylation sites (N-methyl/N-ethyl adjacent to an activating group) is 1. The molecule has 1 amide bonds. The third-order valence-corrected chi connectivity index (χ3v) is 6.54. The number of sulfonamides is 1. The zero-order valence-electron chi connectivity index (χ0n) is 15.4. The van der Waals surface area contributed by atoms with Crippen LogP contribution in [0.2, 0.25) is 0 Å². The molecule has 1 heterocycles. The van der Waals surface area contributed by atoms with E-state index in [0.29, 0.717) is 30.8 Å². The van der Waals surface area contributed by atoms with E-state index in [2.05, 4.69) is 24.1 Å². The van der Waals surface area contributed by atoms with Crippen LogP contribution in [0.15, 0.2) is 18.2 Å². The van der Waals surface area contributed by atoms with Crippen molar-refractivity contribution < 1.29 is 13.2 Å². The highest BCUT2D eigenvalue weighted by Crippen LogP contribution is 2.27. The number of nitrogens with one attached hydrogen (secondary N) is 1. The van der Waals surface area contributed by atoms with Gasteiger partial charge < -0.3 is 10.2 Å². The summed E-state index contributed by atoms with van der Waals surface area (Å²) < 4.78 is 26.0. The summed E-state index contributed by atoms with van der Waals surface area (Å²) in [5.74, 6) is 0.0725. The lowest BCUT2D eigenvalue weighted by Crippen LogP contribution is -2.38. The van der Waals surface area contributed by atoms with Gasteiger partial charge in [0.05, 0.1) is 11.4 Å². The first-order chi connectivity index (χ1) is 11.9. The Labute approximate surface area is 151 Å². The van der Waals surface area contributed by atoms with Gasteiger partial charge in [0.2, 0.25) is 10.0 Å². The number of nitrogens with zero attached hydrogens (tertiary/aromatic N) is 2. The van der Waals surface area contributed by atoms with Crippen LogP contribution in [-0.2, 0) is 10.0 Å². The summed E-state index contributed by atoms with van der Waals surface area (Å²) in [6.07, 6.45) is 1.58. The molecule has 0 aromatic heterocycles. The number of benzene rings is 1. The van der Waals surface area contributed by atoms with Gasteiger partial charge in [-0.15, -0.1) is 0 Å². The van der Waals surface area contributed by atoms with E-state index in [0.717, 1.165) is 31.6 Å². The highest BCUT2D eigenvalue weighted by atomic mass is 32.2. The van der Waals surface area contributed by atoms with Crippen LogP contribution in [0, 0.1) is 6.92 Å². The topological polar surface area (TPSA) is 69.7 Å². The van der Waals surface area contributed by atoms with Crippen molar-refractivity contribution in [3.63, 3.8) is 0 Å². The van der Waals surface area contributed by atoms with E-state index in [1.54, 1.807) is 18.2 Å². The Balaban J connectivity index is 2.05. The summed E-state index contributed by atoms with van der Waals surface area (Å²) in [6, 6.07) is 5.23. The molecular formula is C18H29N3O3S. The summed E-state index contributed by atoms with van der Waals surface area (Å²) >= 11 is 0. The minimum Gasteiger partial charge on any atom is -0.351 e. The number of aryl methyl sites for hydroxylation is 1. The van der Waals surface area contributed by atoms with Crippen molar-refractivity contribution in [1.82, 2.24) is 10.2 Å². The van der Waals surface area contributed by atoms with E-state index in [4.69, 9.17) is 0 Å². The van der Waals surface area contributed by atoms with Gasteiger partial charge in [0.15, 0.2) is 0 Å². The molecule has 1 aromatic carbocycles. The predicted molar refractivity (Wildman–Crippen MR) is 102 cm³/mol. The molecule has 1 aliphatic heterocycles. The second-order valence-corrected chi connectivity index (χ2v) is 8.39. The van der Waals surface area contributed by atoms with Crippen LogP contribution in [-0.4, -0.2) is 57.7 Å². The Morgan fingerprint density at radius 1 is 1.24 bits per heavy atom. The lowest BCUT2D eigenvalue weighted by Gasteiger charge is -2.29. The van der Waals surface area contributed by atoms with Gasteiger partial charge in [0.1, 0.15) is 0 Å². The summed E-state index contributed by atoms with van der Waals surface area (Å²) in [5.41, 5.74) is 2.05. The highest BCUT2D eigenvalue weighted by Gasteiger charge is 2.27.